The highest BCUT2D eigenvalue weighted by molar-refractivity contribution is 6.05. The van der Waals surface area contributed by atoms with Crippen molar-refractivity contribution >= 4 is 46.2 Å². The van der Waals surface area contributed by atoms with E-state index in [2.05, 4.69) is 21.3 Å². The number of nitrogens with one attached hydrogen (secondary N) is 4. The molecule has 3 rings (SSSR count). The first-order valence-corrected chi connectivity index (χ1v) is 22.3. The fourth-order valence-electron chi connectivity index (χ4n) is 5.53. The minimum Gasteiger partial charge on any atom is -0.491 e. The van der Waals surface area contributed by atoms with Crippen LogP contribution < -0.4 is 49.7 Å². The van der Waals surface area contributed by atoms with E-state index in [1.54, 1.807) is 14.2 Å². The summed E-state index contributed by atoms with van der Waals surface area (Å²) in [7, 11) is 3.08. The van der Waals surface area contributed by atoms with Crippen LogP contribution in [-0.4, -0.2) is 121 Å². The molecule has 0 aliphatic heterocycles. The summed E-state index contributed by atoms with van der Waals surface area (Å²) >= 11 is 0. The molecule has 23 heteroatoms. The zero-order valence-corrected chi connectivity index (χ0v) is 41.2. The second kappa shape index (κ2) is 30.9. The molecule has 0 heterocycles. The standard InChI is InChI=1S/C46H68N6O16.H2O/c1-29(2)25-65-41-23-43(67-27-31(5)6)37(51(55)56)20-35(41)49-45(53)47-33-19-34(40(64-18-16-62-14-12-60-10)22-39(33)63-17-15-61-13-11-59-9)48-46(54)50-36-21-38(52(57)58)44(68-28-32(7)8)24-42(36)66-26-30(3)4;/h19-24,29-32H,11-18,25-28H2,1-10H3,(H2,47,49,53)(H2,48,50,54);1H2. The van der Waals surface area contributed by atoms with Crippen molar-refractivity contribution < 1.29 is 72.3 Å². The van der Waals surface area contributed by atoms with Gasteiger partial charge >= 0.3 is 23.4 Å². The number of carbonyl (C=O) groups excluding carboxylic acids is 2. The van der Waals surface area contributed by atoms with Gasteiger partial charge in [0, 0.05) is 44.6 Å². The summed E-state index contributed by atoms with van der Waals surface area (Å²) in [6.45, 7) is 17.6. The van der Waals surface area contributed by atoms with Crippen LogP contribution in [0.25, 0.3) is 0 Å². The van der Waals surface area contributed by atoms with Crippen LogP contribution in [0.5, 0.6) is 34.5 Å². The van der Waals surface area contributed by atoms with Gasteiger partial charge in [-0.05, 0) is 29.7 Å². The number of hydrogen-bond donors (Lipinski definition) is 4. The van der Waals surface area contributed by atoms with Gasteiger partial charge in [0.15, 0.2) is 0 Å². The van der Waals surface area contributed by atoms with Crippen LogP contribution in [-0.2, 0) is 18.9 Å². The third-order valence-corrected chi connectivity index (χ3v) is 8.71. The molecule has 6 N–H and O–H groups in total. The van der Waals surface area contributed by atoms with Crippen LogP contribution in [0, 0.1) is 43.9 Å². The van der Waals surface area contributed by atoms with Crippen LogP contribution in [0.1, 0.15) is 55.4 Å². The van der Waals surface area contributed by atoms with Crippen LogP contribution >= 0.6 is 0 Å². The highest BCUT2D eigenvalue weighted by Crippen LogP contribution is 2.42. The third kappa shape index (κ3) is 21.2. The van der Waals surface area contributed by atoms with Crippen LogP contribution in [0.4, 0.5) is 43.7 Å². The van der Waals surface area contributed by atoms with Gasteiger partial charge in [0.1, 0.15) is 36.2 Å². The fourth-order valence-corrected chi connectivity index (χ4v) is 5.53. The smallest absolute Gasteiger partial charge is 0.323 e. The predicted molar refractivity (Wildman–Crippen MR) is 259 cm³/mol. The normalized spacial score (nSPS) is 11.0. The van der Waals surface area contributed by atoms with E-state index in [0.717, 1.165) is 12.1 Å². The zero-order valence-electron chi connectivity index (χ0n) is 41.2. The van der Waals surface area contributed by atoms with E-state index in [9.17, 15) is 29.8 Å². The quantitative estimate of drug-likeness (QED) is 0.0260. The van der Waals surface area contributed by atoms with Crippen molar-refractivity contribution in [1.29, 1.82) is 0 Å². The molecule has 0 atom stereocenters. The molecule has 0 fully saturated rings. The summed E-state index contributed by atoms with van der Waals surface area (Å²) < 4.78 is 56.9. The topological polar surface area (TPSA) is 292 Å². The zero-order chi connectivity index (χ0) is 50.2. The number of carbonyl (C=O) groups is 2. The van der Waals surface area contributed by atoms with E-state index in [1.807, 2.05) is 55.4 Å². The Morgan fingerprint density at radius 3 is 1.01 bits per heavy atom. The minimum absolute atomic E-state index is 0. The van der Waals surface area contributed by atoms with E-state index < -0.39 is 33.3 Å². The van der Waals surface area contributed by atoms with Gasteiger partial charge in [-0.1, -0.05) is 55.4 Å². The van der Waals surface area contributed by atoms with Crippen molar-refractivity contribution in [1.82, 2.24) is 0 Å². The van der Waals surface area contributed by atoms with Gasteiger partial charge in [-0.3, -0.25) is 20.2 Å². The Morgan fingerprint density at radius 1 is 0.435 bits per heavy atom. The van der Waals surface area contributed by atoms with E-state index in [0.29, 0.717) is 26.4 Å². The molecule has 0 spiro atoms. The van der Waals surface area contributed by atoms with Crippen molar-refractivity contribution in [3.8, 4) is 34.5 Å². The first kappa shape index (κ1) is 58.7. The average Bonchev–Trinajstić information content (AvgIpc) is 3.27. The Bertz CT molecular complexity index is 1950. The van der Waals surface area contributed by atoms with Gasteiger partial charge in [-0.25, -0.2) is 9.59 Å². The molecule has 69 heavy (non-hydrogen) atoms. The van der Waals surface area contributed by atoms with Gasteiger partial charge in [-0.15, -0.1) is 0 Å². The lowest BCUT2D eigenvalue weighted by atomic mass is 10.2. The Labute approximate surface area is 402 Å². The van der Waals surface area contributed by atoms with Gasteiger partial charge < -0.3 is 74.1 Å². The summed E-state index contributed by atoms with van der Waals surface area (Å²) in [6, 6.07) is 6.07. The highest BCUT2D eigenvalue weighted by atomic mass is 16.6. The molecule has 3 aromatic rings. The Kier molecular flexibility index (Phi) is 26.3. The first-order valence-electron chi connectivity index (χ1n) is 22.3. The lowest BCUT2D eigenvalue weighted by Crippen LogP contribution is -2.23. The number of anilines is 4. The number of amides is 4. The highest BCUT2D eigenvalue weighted by Gasteiger charge is 2.26. The predicted octanol–water partition coefficient (Wildman–Crippen LogP) is 8.19. The number of rotatable bonds is 32. The number of benzene rings is 3. The lowest BCUT2D eigenvalue weighted by molar-refractivity contribution is -0.386. The summed E-state index contributed by atoms with van der Waals surface area (Å²) in [5.41, 5.74) is -0.840. The average molecular weight is 979 g/mol. The number of nitro groups is 2. The second-order valence-electron chi connectivity index (χ2n) is 16.9. The number of hydrogen-bond acceptors (Lipinski definition) is 16. The van der Waals surface area contributed by atoms with Crippen molar-refractivity contribution in [3.63, 3.8) is 0 Å². The largest absolute Gasteiger partial charge is 0.491 e. The van der Waals surface area contributed by atoms with Crippen LogP contribution in [0.3, 0.4) is 0 Å². The first-order chi connectivity index (χ1) is 32.4. The van der Waals surface area contributed by atoms with Crippen molar-refractivity contribution in [2.75, 3.05) is 115 Å². The van der Waals surface area contributed by atoms with Crippen molar-refractivity contribution in [2.24, 2.45) is 23.7 Å². The molecule has 0 saturated heterocycles. The summed E-state index contributed by atoms with van der Waals surface area (Å²) in [5, 5.41) is 35.2. The molecule has 0 aliphatic carbocycles. The molecule has 4 amide bonds. The number of urea groups is 2. The number of methoxy groups -OCH3 is 2. The third-order valence-electron chi connectivity index (χ3n) is 8.71. The second-order valence-corrected chi connectivity index (χ2v) is 16.9. The molecular formula is C46H70N6O17. The molecule has 0 aliphatic rings. The Hall–Kier alpha value is -6.40. The van der Waals surface area contributed by atoms with Crippen molar-refractivity contribution in [2.45, 2.75) is 55.4 Å². The summed E-state index contributed by atoms with van der Waals surface area (Å²) in [5.74, 6) is 0.569. The van der Waals surface area contributed by atoms with Crippen molar-refractivity contribution in [3.05, 3.63) is 56.6 Å². The monoisotopic (exact) mass is 978 g/mol. The van der Waals surface area contributed by atoms with E-state index >= 15 is 0 Å². The lowest BCUT2D eigenvalue weighted by Gasteiger charge is -2.20. The molecule has 0 bridgehead atoms. The molecule has 23 nitrogen and oxygen atoms in total. The van der Waals surface area contributed by atoms with Gasteiger partial charge in [0.2, 0.25) is 11.5 Å². The minimum atomic E-state index is -0.875. The molecule has 0 aromatic heterocycles. The summed E-state index contributed by atoms with van der Waals surface area (Å²) in [4.78, 5) is 51.1. The molecule has 386 valence electrons. The van der Waals surface area contributed by atoms with E-state index in [1.165, 1.54) is 24.3 Å². The summed E-state index contributed by atoms with van der Waals surface area (Å²) in [6.07, 6.45) is 0. The van der Waals surface area contributed by atoms with Crippen LogP contribution in [0.2, 0.25) is 0 Å². The molecule has 0 radical (unpaired) electrons. The number of ether oxygens (including phenoxy) is 10. The Balaban J connectivity index is 0.0000163. The fraction of sp³-hybridized carbons (Fsp3) is 0.565. The SMILES string of the molecule is COCCOCCOc1cc(OCCOCCOC)c(NC(=O)Nc2cc([N+](=O)[O-])c(OCC(C)C)cc2OCC(C)C)cc1NC(=O)Nc1cc([N+](=O)[O-])c(OCC(C)C)cc1OCC(C)C.O. The van der Waals surface area contributed by atoms with Gasteiger partial charge in [0.05, 0.1) is 98.7 Å². The maximum atomic E-state index is 13.9. The molecule has 3 aromatic carbocycles. The molecule has 0 unspecified atom stereocenters. The van der Waals surface area contributed by atoms with Gasteiger partial charge in [0.25, 0.3) is 0 Å². The van der Waals surface area contributed by atoms with E-state index in [-0.39, 0.29) is 139 Å². The van der Waals surface area contributed by atoms with Crippen LogP contribution in [0.15, 0.2) is 36.4 Å². The Morgan fingerprint density at radius 2 is 0.710 bits per heavy atom. The maximum Gasteiger partial charge on any atom is 0.323 e. The maximum absolute atomic E-state index is 13.9. The molecular weight excluding hydrogens is 909 g/mol. The van der Waals surface area contributed by atoms with Gasteiger partial charge in [-0.2, -0.15) is 0 Å². The number of nitrogens with zero attached hydrogens (tertiary/aromatic N) is 2. The van der Waals surface area contributed by atoms with E-state index in [4.69, 9.17) is 47.4 Å². The molecule has 0 saturated carbocycles. The number of nitro benzene ring substituents is 2.